The first-order valence-corrected chi connectivity index (χ1v) is 7.10. The minimum absolute atomic E-state index is 0.0639. The molecule has 0 bridgehead atoms. The molecule has 1 aromatic heterocycles. The van der Waals surface area contributed by atoms with Gasteiger partial charge in [0, 0.05) is 0 Å². The van der Waals surface area contributed by atoms with Crippen LogP contribution in [-0.4, -0.2) is 26.1 Å². The third-order valence-corrected chi connectivity index (χ3v) is 3.47. The van der Waals surface area contributed by atoms with Crippen LogP contribution in [0.1, 0.15) is 46.7 Å². The van der Waals surface area contributed by atoms with Gasteiger partial charge in [0.1, 0.15) is 0 Å². The Morgan fingerprint density at radius 1 is 1.33 bits per heavy atom. The van der Waals surface area contributed by atoms with E-state index in [-0.39, 0.29) is 5.69 Å². The van der Waals surface area contributed by atoms with E-state index >= 15 is 0 Å². The monoisotopic (exact) mass is 287 g/mol. The average Bonchev–Trinajstić information content (AvgIpc) is 2.76. The Balaban J connectivity index is 2.39. The second-order valence-electron chi connectivity index (χ2n) is 5.88. The summed E-state index contributed by atoms with van der Waals surface area (Å²) in [5.41, 5.74) is 4.25. The number of hydrogen-bond donors (Lipinski definition) is 1. The topological polar surface area (TPSA) is 68.0 Å². The number of carboxylic acids is 1. The normalized spacial score (nSPS) is 11.1. The highest BCUT2D eigenvalue weighted by atomic mass is 16.4. The molecule has 0 fully saturated rings. The fourth-order valence-corrected chi connectivity index (χ4v) is 2.35. The van der Waals surface area contributed by atoms with Gasteiger partial charge in [-0.25, -0.2) is 9.48 Å². The molecule has 2 aromatic rings. The number of carbonyl (C=O) groups is 1. The van der Waals surface area contributed by atoms with E-state index in [2.05, 4.69) is 42.4 Å². The highest BCUT2D eigenvalue weighted by Gasteiger charge is 2.20. The van der Waals surface area contributed by atoms with Gasteiger partial charge in [0.05, 0.1) is 12.2 Å². The van der Waals surface area contributed by atoms with Gasteiger partial charge in [-0.05, 0) is 37.3 Å². The predicted molar refractivity (Wildman–Crippen MR) is 80.5 cm³/mol. The fraction of sp³-hybridized carbons (Fsp3) is 0.438. The molecule has 0 atom stereocenters. The minimum Gasteiger partial charge on any atom is -0.476 e. The Labute approximate surface area is 124 Å². The van der Waals surface area contributed by atoms with Crippen LogP contribution < -0.4 is 0 Å². The zero-order chi connectivity index (χ0) is 15.6. The zero-order valence-corrected chi connectivity index (χ0v) is 12.9. The summed E-state index contributed by atoms with van der Waals surface area (Å²) in [6.45, 7) is 8.76. The molecule has 0 saturated carbocycles. The van der Waals surface area contributed by atoms with Crippen molar-refractivity contribution in [3.05, 3.63) is 46.3 Å². The van der Waals surface area contributed by atoms with Gasteiger partial charge in [-0.2, -0.15) is 0 Å². The smallest absolute Gasteiger partial charge is 0.358 e. The predicted octanol–water partition coefficient (Wildman–Crippen LogP) is 2.84. The van der Waals surface area contributed by atoms with Crippen LogP contribution in [0, 0.1) is 19.8 Å². The maximum atomic E-state index is 11.3. The van der Waals surface area contributed by atoms with E-state index < -0.39 is 5.97 Å². The molecule has 0 saturated heterocycles. The summed E-state index contributed by atoms with van der Waals surface area (Å²) >= 11 is 0. The fourth-order valence-electron chi connectivity index (χ4n) is 2.35. The Morgan fingerprint density at radius 2 is 2.05 bits per heavy atom. The van der Waals surface area contributed by atoms with Gasteiger partial charge in [0.25, 0.3) is 0 Å². The first kappa shape index (κ1) is 15.2. The van der Waals surface area contributed by atoms with Crippen LogP contribution in [0.2, 0.25) is 0 Å². The maximum absolute atomic E-state index is 11.3. The van der Waals surface area contributed by atoms with Crippen LogP contribution in [0.3, 0.4) is 0 Å². The molecule has 1 heterocycles. The number of rotatable bonds is 5. The third-order valence-electron chi connectivity index (χ3n) is 3.47. The van der Waals surface area contributed by atoms with Crippen molar-refractivity contribution < 1.29 is 9.90 Å². The summed E-state index contributed by atoms with van der Waals surface area (Å²) < 4.78 is 1.71. The Kier molecular flexibility index (Phi) is 4.40. The van der Waals surface area contributed by atoms with Gasteiger partial charge in [-0.1, -0.05) is 42.8 Å². The average molecular weight is 287 g/mol. The summed E-state index contributed by atoms with van der Waals surface area (Å²) in [5, 5.41) is 17.1. The zero-order valence-electron chi connectivity index (χ0n) is 12.9. The molecule has 0 aliphatic heterocycles. The van der Waals surface area contributed by atoms with Gasteiger partial charge in [-0.3, -0.25) is 0 Å². The van der Waals surface area contributed by atoms with E-state index in [1.807, 2.05) is 13.8 Å². The second kappa shape index (κ2) is 6.08. The van der Waals surface area contributed by atoms with E-state index in [4.69, 9.17) is 0 Å². The largest absolute Gasteiger partial charge is 0.476 e. The molecular formula is C16H21N3O2. The van der Waals surface area contributed by atoms with Crippen molar-refractivity contribution in [3.63, 3.8) is 0 Å². The minimum atomic E-state index is -1.02. The lowest BCUT2D eigenvalue weighted by atomic mass is 10.0. The van der Waals surface area contributed by atoms with Crippen molar-refractivity contribution in [1.82, 2.24) is 15.0 Å². The standard InChI is InChI=1S/C16H21N3O2/c1-10(2)7-14-15(16(20)21)17-18-19(14)9-13-8-11(3)5-6-12(13)4/h5-6,8,10H,7,9H2,1-4H3,(H,20,21). The van der Waals surface area contributed by atoms with Crippen LogP contribution in [0.5, 0.6) is 0 Å². The first-order valence-electron chi connectivity index (χ1n) is 7.10. The molecular weight excluding hydrogens is 266 g/mol. The summed E-state index contributed by atoms with van der Waals surface area (Å²) in [6, 6.07) is 6.25. The first-order chi connectivity index (χ1) is 9.88. The second-order valence-corrected chi connectivity index (χ2v) is 5.88. The molecule has 1 aromatic carbocycles. The number of benzene rings is 1. The Morgan fingerprint density at radius 3 is 2.67 bits per heavy atom. The summed E-state index contributed by atoms with van der Waals surface area (Å²) in [6.07, 6.45) is 0.652. The number of nitrogens with zero attached hydrogens (tertiary/aromatic N) is 3. The van der Waals surface area contributed by atoms with E-state index in [9.17, 15) is 9.90 Å². The van der Waals surface area contributed by atoms with Crippen molar-refractivity contribution in [1.29, 1.82) is 0 Å². The van der Waals surface area contributed by atoms with Crippen LogP contribution in [0.25, 0.3) is 0 Å². The van der Waals surface area contributed by atoms with Crippen molar-refractivity contribution in [2.75, 3.05) is 0 Å². The van der Waals surface area contributed by atoms with Crippen LogP contribution >= 0.6 is 0 Å². The van der Waals surface area contributed by atoms with Crippen LogP contribution in [0.4, 0.5) is 0 Å². The van der Waals surface area contributed by atoms with Crippen molar-refractivity contribution in [2.45, 2.75) is 40.7 Å². The lowest BCUT2D eigenvalue weighted by molar-refractivity contribution is 0.0689. The maximum Gasteiger partial charge on any atom is 0.358 e. The number of hydrogen-bond acceptors (Lipinski definition) is 3. The van der Waals surface area contributed by atoms with Crippen LogP contribution in [-0.2, 0) is 13.0 Å². The molecule has 0 spiro atoms. The molecule has 5 heteroatoms. The summed E-state index contributed by atoms with van der Waals surface area (Å²) in [5.74, 6) is -0.670. The van der Waals surface area contributed by atoms with E-state index in [1.54, 1.807) is 4.68 Å². The number of carboxylic acid groups (broad SMARTS) is 1. The molecule has 0 unspecified atom stereocenters. The molecule has 0 radical (unpaired) electrons. The third kappa shape index (κ3) is 3.48. The van der Waals surface area contributed by atoms with Crippen molar-refractivity contribution >= 4 is 5.97 Å². The summed E-state index contributed by atoms with van der Waals surface area (Å²) in [4.78, 5) is 11.3. The SMILES string of the molecule is Cc1ccc(C)c(Cn2nnc(C(=O)O)c2CC(C)C)c1. The molecule has 0 amide bonds. The van der Waals surface area contributed by atoms with E-state index in [1.165, 1.54) is 11.1 Å². The van der Waals surface area contributed by atoms with Crippen molar-refractivity contribution in [2.24, 2.45) is 5.92 Å². The van der Waals surface area contributed by atoms with E-state index in [0.717, 1.165) is 5.56 Å². The molecule has 1 N–H and O–H groups in total. The van der Waals surface area contributed by atoms with Gasteiger partial charge in [0.2, 0.25) is 0 Å². The lowest BCUT2D eigenvalue weighted by Gasteiger charge is -2.11. The quantitative estimate of drug-likeness (QED) is 0.918. The van der Waals surface area contributed by atoms with E-state index in [0.29, 0.717) is 24.6 Å². The Bertz CT molecular complexity index is 660. The Hall–Kier alpha value is -2.17. The highest BCUT2D eigenvalue weighted by Crippen LogP contribution is 2.16. The number of aryl methyl sites for hydroxylation is 2. The van der Waals surface area contributed by atoms with Gasteiger partial charge >= 0.3 is 5.97 Å². The summed E-state index contributed by atoms with van der Waals surface area (Å²) in [7, 11) is 0. The number of aromatic nitrogens is 3. The molecule has 21 heavy (non-hydrogen) atoms. The lowest BCUT2D eigenvalue weighted by Crippen LogP contribution is -2.12. The molecule has 0 aliphatic rings. The van der Waals surface area contributed by atoms with Gasteiger partial charge in [-0.15, -0.1) is 5.10 Å². The molecule has 2 rings (SSSR count). The highest BCUT2D eigenvalue weighted by molar-refractivity contribution is 5.86. The van der Waals surface area contributed by atoms with Gasteiger partial charge < -0.3 is 5.11 Å². The molecule has 0 aliphatic carbocycles. The van der Waals surface area contributed by atoms with Crippen molar-refractivity contribution in [3.8, 4) is 0 Å². The molecule has 112 valence electrons. The molecule has 5 nitrogen and oxygen atoms in total. The number of aromatic carboxylic acids is 1. The van der Waals surface area contributed by atoms with Crippen LogP contribution in [0.15, 0.2) is 18.2 Å². The van der Waals surface area contributed by atoms with Gasteiger partial charge in [0.15, 0.2) is 5.69 Å².